The predicted molar refractivity (Wildman–Crippen MR) is 51.4 cm³/mol. The van der Waals surface area contributed by atoms with Gasteiger partial charge in [-0.3, -0.25) is 0 Å². The van der Waals surface area contributed by atoms with Crippen molar-refractivity contribution in [2.45, 2.75) is 6.10 Å². The highest BCUT2D eigenvalue weighted by molar-refractivity contribution is 5.58. The Morgan fingerprint density at radius 2 is 2.00 bits per heavy atom. The largest absolute Gasteiger partial charge is 0.508 e. The van der Waals surface area contributed by atoms with Crippen molar-refractivity contribution in [1.29, 1.82) is 0 Å². The van der Waals surface area contributed by atoms with Gasteiger partial charge in [0.1, 0.15) is 11.5 Å². The van der Waals surface area contributed by atoms with Gasteiger partial charge in [0, 0.05) is 12.6 Å². The number of anilines is 1. The van der Waals surface area contributed by atoms with Crippen LogP contribution in [-0.4, -0.2) is 39.7 Å². The first kappa shape index (κ1) is 10.6. The molecule has 1 unspecified atom stereocenters. The lowest BCUT2D eigenvalue weighted by molar-refractivity contribution is 0.105. The van der Waals surface area contributed by atoms with E-state index in [0.29, 0.717) is 5.69 Å². The van der Waals surface area contributed by atoms with E-state index in [0.717, 1.165) is 0 Å². The molecule has 0 aliphatic carbocycles. The van der Waals surface area contributed by atoms with Crippen molar-refractivity contribution in [2.24, 2.45) is 0 Å². The van der Waals surface area contributed by atoms with Crippen LogP contribution in [0.1, 0.15) is 0 Å². The van der Waals surface area contributed by atoms with Crippen LogP contribution in [0.4, 0.5) is 5.69 Å². The number of aromatic hydroxyl groups is 2. The minimum absolute atomic E-state index is 0.0174. The summed E-state index contributed by atoms with van der Waals surface area (Å²) in [5.41, 5.74) is 0.317. The summed E-state index contributed by atoms with van der Waals surface area (Å²) in [6.07, 6.45) is -0.892. The van der Waals surface area contributed by atoms with Gasteiger partial charge < -0.3 is 25.7 Å². The molecule has 5 N–H and O–H groups in total. The minimum atomic E-state index is -0.892. The monoisotopic (exact) mass is 199 g/mol. The van der Waals surface area contributed by atoms with Gasteiger partial charge in [0.25, 0.3) is 0 Å². The summed E-state index contributed by atoms with van der Waals surface area (Å²) in [6.45, 7) is -0.250. The Morgan fingerprint density at radius 1 is 1.29 bits per heavy atom. The summed E-state index contributed by atoms with van der Waals surface area (Å²) < 4.78 is 0. The van der Waals surface area contributed by atoms with Crippen molar-refractivity contribution >= 4 is 5.69 Å². The SMILES string of the molecule is OCC(O)CNc1cc(O)ccc1O. The lowest BCUT2D eigenvalue weighted by atomic mass is 10.2. The number of aliphatic hydroxyl groups is 2. The Balaban J connectivity index is 2.62. The van der Waals surface area contributed by atoms with Crippen molar-refractivity contribution in [2.75, 3.05) is 18.5 Å². The van der Waals surface area contributed by atoms with E-state index >= 15 is 0 Å². The van der Waals surface area contributed by atoms with Gasteiger partial charge in [0.15, 0.2) is 0 Å². The molecule has 1 rings (SSSR count). The Hall–Kier alpha value is -1.46. The second kappa shape index (κ2) is 4.69. The molecule has 1 atom stereocenters. The third kappa shape index (κ3) is 2.79. The van der Waals surface area contributed by atoms with E-state index in [1.807, 2.05) is 0 Å². The van der Waals surface area contributed by atoms with Crippen molar-refractivity contribution < 1.29 is 20.4 Å². The zero-order valence-electron chi connectivity index (χ0n) is 7.51. The molecule has 5 nitrogen and oxygen atoms in total. The summed E-state index contributed by atoms with van der Waals surface area (Å²) in [5, 5.41) is 38.6. The van der Waals surface area contributed by atoms with Crippen LogP contribution in [0.5, 0.6) is 11.5 Å². The molecular formula is C9H13NO4. The maximum atomic E-state index is 9.30. The van der Waals surface area contributed by atoms with E-state index in [9.17, 15) is 5.11 Å². The summed E-state index contributed by atoms with van der Waals surface area (Å²) >= 11 is 0. The van der Waals surface area contributed by atoms with Gasteiger partial charge in [-0.1, -0.05) is 0 Å². The number of rotatable bonds is 4. The van der Waals surface area contributed by atoms with Crippen molar-refractivity contribution in [3.8, 4) is 11.5 Å². The predicted octanol–water partition coefficient (Wildman–Crippen LogP) is -0.137. The van der Waals surface area contributed by atoms with Crippen molar-refractivity contribution in [3.63, 3.8) is 0 Å². The Bertz CT molecular complexity index is 303. The lowest BCUT2D eigenvalue weighted by Gasteiger charge is -2.11. The van der Waals surface area contributed by atoms with Crippen molar-refractivity contribution in [3.05, 3.63) is 18.2 Å². The standard InChI is InChI=1S/C9H13NO4/c11-5-7(13)4-10-8-3-6(12)1-2-9(8)14/h1-3,7,10-14H,4-5H2. The zero-order chi connectivity index (χ0) is 10.6. The van der Waals surface area contributed by atoms with Crippen LogP contribution in [0, 0.1) is 0 Å². The van der Waals surface area contributed by atoms with Crippen molar-refractivity contribution in [1.82, 2.24) is 0 Å². The first-order valence-electron chi connectivity index (χ1n) is 4.18. The lowest BCUT2D eigenvalue weighted by Crippen LogP contribution is -2.22. The maximum Gasteiger partial charge on any atom is 0.138 e. The summed E-state index contributed by atoms with van der Waals surface area (Å²) in [6, 6.07) is 4.02. The molecule has 0 amide bonds. The molecule has 5 heteroatoms. The molecule has 1 aromatic carbocycles. The number of phenolic OH excluding ortho intramolecular Hbond substituents is 2. The van der Waals surface area contributed by atoms with Crippen LogP contribution >= 0.6 is 0 Å². The van der Waals surface area contributed by atoms with E-state index in [1.54, 1.807) is 0 Å². The molecule has 0 fully saturated rings. The third-order valence-corrected chi connectivity index (χ3v) is 1.72. The molecule has 0 bridgehead atoms. The van der Waals surface area contributed by atoms with Gasteiger partial charge in [-0.05, 0) is 12.1 Å². The molecule has 78 valence electrons. The molecule has 1 aromatic rings. The maximum absolute atomic E-state index is 9.30. The Morgan fingerprint density at radius 3 is 2.64 bits per heavy atom. The normalized spacial score (nSPS) is 12.4. The number of hydrogen-bond donors (Lipinski definition) is 5. The number of benzene rings is 1. The Kier molecular flexibility index (Phi) is 3.55. The smallest absolute Gasteiger partial charge is 0.138 e. The van der Waals surface area contributed by atoms with E-state index in [1.165, 1.54) is 18.2 Å². The van der Waals surface area contributed by atoms with E-state index < -0.39 is 6.10 Å². The fourth-order valence-electron chi connectivity index (χ4n) is 0.958. The van der Waals surface area contributed by atoms with Crippen LogP contribution in [0.15, 0.2) is 18.2 Å². The summed E-state index contributed by atoms with van der Waals surface area (Å²) in [4.78, 5) is 0. The van der Waals surface area contributed by atoms with E-state index in [4.69, 9.17) is 15.3 Å². The molecule has 0 saturated heterocycles. The molecule has 0 aliphatic heterocycles. The molecule has 0 spiro atoms. The third-order valence-electron chi connectivity index (χ3n) is 1.72. The van der Waals surface area contributed by atoms with Crippen LogP contribution in [0.25, 0.3) is 0 Å². The van der Waals surface area contributed by atoms with Crippen LogP contribution in [-0.2, 0) is 0 Å². The summed E-state index contributed by atoms with van der Waals surface area (Å²) in [7, 11) is 0. The Labute approximate surface area is 81.3 Å². The minimum Gasteiger partial charge on any atom is -0.508 e. The topological polar surface area (TPSA) is 93.0 Å². The van der Waals surface area contributed by atoms with Crippen LogP contribution < -0.4 is 5.32 Å². The summed E-state index contributed by atoms with van der Waals surface area (Å²) in [5.74, 6) is -0.00303. The highest BCUT2D eigenvalue weighted by atomic mass is 16.3. The number of nitrogens with one attached hydrogen (secondary N) is 1. The van der Waals surface area contributed by atoms with Crippen LogP contribution in [0.2, 0.25) is 0 Å². The molecule has 0 saturated carbocycles. The van der Waals surface area contributed by atoms with Crippen LogP contribution in [0.3, 0.4) is 0 Å². The van der Waals surface area contributed by atoms with E-state index in [2.05, 4.69) is 5.32 Å². The molecule has 0 aromatic heterocycles. The van der Waals surface area contributed by atoms with Gasteiger partial charge in [0.05, 0.1) is 18.4 Å². The average molecular weight is 199 g/mol. The molecule has 0 radical (unpaired) electrons. The molecule has 0 aliphatic rings. The average Bonchev–Trinajstić information content (AvgIpc) is 2.19. The highest BCUT2D eigenvalue weighted by Gasteiger charge is 2.05. The first-order chi connectivity index (χ1) is 6.63. The molecule has 0 heterocycles. The van der Waals surface area contributed by atoms with E-state index in [-0.39, 0.29) is 24.7 Å². The molecular weight excluding hydrogens is 186 g/mol. The fraction of sp³-hybridized carbons (Fsp3) is 0.333. The number of hydrogen-bond acceptors (Lipinski definition) is 5. The van der Waals surface area contributed by atoms with Gasteiger partial charge in [-0.2, -0.15) is 0 Å². The molecule has 14 heavy (non-hydrogen) atoms. The second-order valence-corrected chi connectivity index (χ2v) is 2.92. The quantitative estimate of drug-likeness (QED) is 0.344. The van der Waals surface area contributed by atoms with Gasteiger partial charge in [-0.15, -0.1) is 0 Å². The van der Waals surface area contributed by atoms with Gasteiger partial charge >= 0.3 is 0 Å². The highest BCUT2D eigenvalue weighted by Crippen LogP contribution is 2.26. The number of aliphatic hydroxyl groups excluding tert-OH is 2. The second-order valence-electron chi connectivity index (χ2n) is 2.92. The van der Waals surface area contributed by atoms with Gasteiger partial charge in [0.2, 0.25) is 0 Å². The van der Waals surface area contributed by atoms with Gasteiger partial charge in [-0.25, -0.2) is 0 Å². The fourth-order valence-corrected chi connectivity index (χ4v) is 0.958. The zero-order valence-corrected chi connectivity index (χ0v) is 7.51. The number of phenols is 2. The first-order valence-corrected chi connectivity index (χ1v) is 4.18.